The lowest BCUT2D eigenvalue weighted by Gasteiger charge is -2.17. The summed E-state index contributed by atoms with van der Waals surface area (Å²) in [6.07, 6.45) is 0. The molecule has 2 aromatic carbocycles. The van der Waals surface area contributed by atoms with Crippen molar-refractivity contribution in [2.24, 2.45) is 0 Å². The SMILES string of the molecule is COc1ccc(CN(C)C(=O)COC(=O)c2ccc(C)c([N+](=O)[O-])c2)cc1F. The minimum atomic E-state index is -0.847. The summed E-state index contributed by atoms with van der Waals surface area (Å²) in [5, 5.41) is 10.9. The van der Waals surface area contributed by atoms with Crippen LogP contribution in [0.2, 0.25) is 0 Å². The van der Waals surface area contributed by atoms with Crippen molar-refractivity contribution < 1.29 is 28.4 Å². The predicted octanol–water partition coefficient (Wildman–Crippen LogP) is 2.87. The summed E-state index contributed by atoms with van der Waals surface area (Å²) < 4.78 is 23.5. The predicted molar refractivity (Wildman–Crippen MR) is 97.5 cm³/mol. The Morgan fingerprint density at radius 3 is 2.54 bits per heavy atom. The van der Waals surface area contributed by atoms with Crippen LogP contribution in [0.1, 0.15) is 21.5 Å². The van der Waals surface area contributed by atoms with E-state index in [1.54, 1.807) is 13.0 Å². The molecule has 28 heavy (non-hydrogen) atoms. The normalized spacial score (nSPS) is 10.3. The molecular weight excluding hydrogens is 371 g/mol. The molecule has 0 bridgehead atoms. The molecule has 0 atom stereocenters. The first-order valence-electron chi connectivity index (χ1n) is 8.21. The molecule has 0 heterocycles. The van der Waals surface area contributed by atoms with Crippen molar-refractivity contribution in [2.45, 2.75) is 13.5 Å². The molecule has 0 N–H and O–H groups in total. The van der Waals surface area contributed by atoms with Gasteiger partial charge in [-0.1, -0.05) is 12.1 Å². The number of carbonyl (C=O) groups is 2. The molecule has 8 nitrogen and oxygen atoms in total. The highest BCUT2D eigenvalue weighted by atomic mass is 19.1. The number of carbonyl (C=O) groups excluding carboxylic acids is 2. The van der Waals surface area contributed by atoms with Crippen LogP contribution in [0.3, 0.4) is 0 Å². The minimum Gasteiger partial charge on any atom is -0.494 e. The molecule has 0 saturated carbocycles. The van der Waals surface area contributed by atoms with E-state index < -0.39 is 29.2 Å². The average Bonchev–Trinajstić information content (AvgIpc) is 2.66. The van der Waals surface area contributed by atoms with Crippen molar-refractivity contribution >= 4 is 17.6 Å². The fourth-order valence-corrected chi connectivity index (χ4v) is 2.42. The number of likely N-dealkylation sites (N-methyl/N-ethyl adjacent to an activating group) is 1. The molecule has 0 spiro atoms. The Labute approximate surface area is 160 Å². The Kier molecular flexibility index (Phi) is 6.64. The van der Waals surface area contributed by atoms with Gasteiger partial charge in [0.25, 0.3) is 11.6 Å². The van der Waals surface area contributed by atoms with Gasteiger partial charge < -0.3 is 14.4 Å². The van der Waals surface area contributed by atoms with Crippen molar-refractivity contribution in [3.63, 3.8) is 0 Å². The van der Waals surface area contributed by atoms with Crippen molar-refractivity contribution in [3.8, 4) is 5.75 Å². The van der Waals surface area contributed by atoms with Crippen LogP contribution in [0.4, 0.5) is 10.1 Å². The van der Waals surface area contributed by atoms with Gasteiger partial charge in [-0.25, -0.2) is 9.18 Å². The fraction of sp³-hybridized carbons (Fsp3) is 0.263. The molecular formula is C19H19FN2O6. The second-order valence-corrected chi connectivity index (χ2v) is 6.05. The number of amides is 1. The van der Waals surface area contributed by atoms with E-state index in [1.807, 2.05) is 0 Å². The van der Waals surface area contributed by atoms with Gasteiger partial charge in [0.2, 0.25) is 0 Å². The van der Waals surface area contributed by atoms with Crippen LogP contribution < -0.4 is 4.74 Å². The Balaban J connectivity index is 1.95. The lowest BCUT2D eigenvalue weighted by Crippen LogP contribution is -2.30. The smallest absolute Gasteiger partial charge is 0.338 e. The number of nitrogens with zero attached hydrogens (tertiary/aromatic N) is 2. The van der Waals surface area contributed by atoms with Crippen LogP contribution in [0.25, 0.3) is 0 Å². The van der Waals surface area contributed by atoms with Crippen LogP contribution in [-0.4, -0.2) is 42.5 Å². The Morgan fingerprint density at radius 1 is 1.21 bits per heavy atom. The Bertz CT molecular complexity index is 915. The number of hydrogen-bond acceptors (Lipinski definition) is 6. The molecule has 2 rings (SSSR count). The molecule has 0 fully saturated rings. The van der Waals surface area contributed by atoms with E-state index in [-0.39, 0.29) is 23.5 Å². The summed E-state index contributed by atoms with van der Waals surface area (Å²) >= 11 is 0. The number of halogens is 1. The van der Waals surface area contributed by atoms with Gasteiger partial charge in [-0.15, -0.1) is 0 Å². The first kappa shape index (κ1) is 20.8. The van der Waals surface area contributed by atoms with Gasteiger partial charge in [-0.3, -0.25) is 14.9 Å². The molecule has 2 aromatic rings. The van der Waals surface area contributed by atoms with Crippen LogP contribution in [0.5, 0.6) is 5.75 Å². The van der Waals surface area contributed by atoms with Gasteiger partial charge in [-0.05, 0) is 30.7 Å². The third-order valence-corrected chi connectivity index (χ3v) is 4.03. The maximum atomic E-state index is 13.7. The zero-order chi connectivity index (χ0) is 20.8. The molecule has 0 aliphatic rings. The standard InChI is InChI=1S/C19H19FN2O6/c1-12-4-6-14(9-16(12)22(25)26)19(24)28-11-18(23)21(2)10-13-5-7-17(27-3)15(20)8-13/h4-9H,10-11H2,1-3H3. The molecule has 0 aliphatic carbocycles. The number of nitro benzene ring substituents is 1. The number of methoxy groups -OCH3 is 1. The topological polar surface area (TPSA) is 99.0 Å². The highest BCUT2D eigenvalue weighted by Crippen LogP contribution is 2.20. The van der Waals surface area contributed by atoms with Crippen LogP contribution >= 0.6 is 0 Å². The number of aryl methyl sites for hydroxylation is 1. The van der Waals surface area contributed by atoms with E-state index >= 15 is 0 Å². The summed E-state index contributed by atoms with van der Waals surface area (Å²) in [5.41, 5.74) is 0.711. The van der Waals surface area contributed by atoms with Crippen LogP contribution in [-0.2, 0) is 16.1 Å². The number of benzene rings is 2. The van der Waals surface area contributed by atoms with Crippen LogP contribution in [0.15, 0.2) is 36.4 Å². The third kappa shape index (κ3) is 5.03. The summed E-state index contributed by atoms with van der Waals surface area (Å²) in [7, 11) is 2.83. The Morgan fingerprint density at radius 2 is 1.93 bits per heavy atom. The summed E-state index contributed by atoms with van der Waals surface area (Å²) in [5.74, 6) is -1.81. The number of ether oxygens (including phenoxy) is 2. The highest BCUT2D eigenvalue weighted by molar-refractivity contribution is 5.92. The van der Waals surface area contributed by atoms with Gasteiger partial charge in [-0.2, -0.15) is 0 Å². The second-order valence-electron chi connectivity index (χ2n) is 6.05. The third-order valence-electron chi connectivity index (χ3n) is 4.03. The maximum Gasteiger partial charge on any atom is 0.338 e. The first-order chi connectivity index (χ1) is 13.2. The Hall–Kier alpha value is -3.49. The molecule has 0 aliphatic heterocycles. The summed E-state index contributed by atoms with van der Waals surface area (Å²) in [6, 6.07) is 8.24. The van der Waals surface area contributed by atoms with Crippen molar-refractivity contribution in [1.29, 1.82) is 0 Å². The molecule has 0 unspecified atom stereocenters. The number of nitro groups is 1. The first-order valence-corrected chi connectivity index (χ1v) is 8.21. The molecule has 1 amide bonds. The second kappa shape index (κ2) is 8.94. The van der Waals surface area contributed by atoms with E-state index in [9.17, 15) is 24.1 Å². The van der Waals surface area contributed by atoms with E-state index in [0.29, 0.717) is 11.1 Å². The zero-order valence-corrected chi connectivity index (χ0v) is 15.6. The minimum absolute atomic E-state index is 0.0232. The highest BCUT2D eigenvalue weighted by Gasteiger charge is 2.18. The molecule has 148 valence electrons. The lowest BCUT2D eigenvalue weighted by atomic mass is 10.1. The number of hydrogen-bond donors (Lipinski definition) is 0. The molecule has 0 saturated heterocycles. The largest absolute Gasteiger partial charge is 0.494 e. The van der Waals surface area contributed by atoms with Gasteiger partial charge in [0, 0.05) is 25.2 Å². The van der Waals surface area contributed by atoms with Gasteiger partial charge in [0.1, 0.15) is 0 Å². The average molecular weight is 390 g/mol. The van der Waals surface area contributed by atoms with Gasteiger partial charge in [0.15, 0.2) is 18.2 Å². The summed E-state index contributed by atoms with van der Waals surface area (Å²) in [4.78, 5) is 35.8. The molecule has 0 radical (unpaired) electrons. The van der Waals surface area contributed by atoms with E-state index in [1.165, 1.54) is 43.3 Å². The molecule has 0 aromatic heterocycles. The fourth-order valence-electron chi connectivity index (χ4n) is 2.42. The van der Waals surface area contributed by atoms with Crippen molar-refractivity contribution in [2.75, 3.05) is 20.8 Å². The van der Waals surface area contributed by atoms with E-state index in [2.05, 4.69) is 0 Å². The number of rotatable bonds is 7. The van der Waals surface area contributed by atoms with Crippen molar-refractivity contribution in [1.82, 2.24) is 4.90 Å². The lowest BCUT2D eigenvalue weighted by molar-refractivity contribution is -0.385. The van der Waals surface area contributed by atoms with Gasteiger partial charge >= 0.3 is 5.97 Å². The van der Waals surface area contributed by atoms with E-state index in [4.69, 9.17) is 9.47 Å². The maximum absolute atomic E-state index is 13.7. The van der Waals surface area contributed by atoms with E-state index in [0.717, 1.165) is 6.07 Å². The van der Waals surface area contributed by atoms with Crippen molar-refractivity contribution in [3.05, 3.63) is 69.0 Å². The van der Waals surface area contributed by atoms with Gasteiger partial charge in [0.05, 0.1) is 17.6 Å². The number of esters is 1. The van der Waals surface area contributed by atoms with Crippen LogP contribution in [0, 0.1) is 22.9 Å². The quantitative estimate of drug-likeness (QED) is 0.410. The summed E-state index contributed by atoms with van der Waals surface area (Å²) in [6.45, 7) is 1.11. The molecule has 9 heteroatoms. The monoisotopic (exact) mass is 390 g/mol. The zero-order valence-electron chi connectivity index (χ0n) is 15.6.